The number of rotatable bonds is 43. The standard InChI is InChI=1S/C45H89O8P/c1-4-6-7-8-9-10-11-12-20-24-27-30-33-36-39-45(47)53-43(41-52-54(48,49)50)40-51-44(46)38-35-32-29-26-23-21-18-16-14-13-15-17-19-22-25-28-31-34-37-42(3)5-2/h42-43H,4-41H2,1-3H3,(H2,48,49,50)/t42?,43-/m1/s1. The summed E-state index contributed by atoms with van der Waals surface area (Å²) in [6.45, 7) is 6.12. The zero-order chi connectivity index (χ0) is 39.8. The van der Waals surface area contributed by atoms with Crippen LogP contribution in [0.15, 0.2) is 0 Å². The third-order valence-corrected chi connectivity index (χ3v) is 11.4. The van der Waals surface area contributed by atoms with Gasteiger partial charge in [0.1, 0.15) is 6.61 Å². The number of carbonyl (C=O) groups is 2. The molecule has 0 aliphatic carbocycles. The van der Waals surface area contributed by atoms with Crippen LogP contribution in [-0.2, 0) is 28.2 Å². The molecule has 322 valence electrons. The topological polar surface area (TPSA) is 119 Å². The molecular formula is C45H89O8P. The molecule has 0 aliphatic heterocycles. The molecule has 0 amide bonds. The Morgan fingerprint density at radius 1 is 0.481 bits per heavy atom. The Labute approximate surface area is 334 Å². The lowest BCUT2D eigenvalue weighted by molar-refractivity contribution is -0.161. The first-order chi connectivity index (χ1) is 26.2. The summed E-state index contributed by atoms with van der Waals surface area (Å²) in [7, 11) is -4.75. The molecule has 0 radical (unpaired) electrons. The van der Waals surface area contributed by atoms with Crippen molar-refractivity contribution in [1.29, 1.82) is 0 Å². The number of esters is 2. The van der Waals surface area contributed by atoms with Crippen LogP contribution in [0.4, 0.5) is 0 Å². The summed E-state index contributed by atoms with van der Waals surface area (Å²) in [5, 5.41) is 0. The molecule has 2 N–H and O–H groups in total. The Hall–Kier alpha value is -0.950. The maximum Gasteiger partial charge on any atom is 0.469 e. The van der Waals surface area contributed by atoms with Crippen molar-refractivity contribution in [2.24, 2.45) is 5.92 Å². The molecule has 9 heteroatoms. The maximum absolute atomic E-state index is 12.4. The quantitative estimate of drug-likeness (QED) is 0.0356. The van der Waals surface area contributed by atoms with E-state index in [4.69, 9.17) is 19.3 Å². The Morgan fingerprint density at radius 3 is 1.17 bits per heavy atom. The second-order valence-corrected chi connectivity index (χ2v) is 17.6. The van der Waals surface area contributed by atoms with Crippen LogP contribution in [-0.4, -0.2) is 41.0 Å². The molecule has 0 aliphatic rings. The van der Waals surface area contributed by atoms with Crippen LogP contribution >= 0.6 is 7.82 Å². The van der Waals surface area contributed by atoms with Crippen molar-refractivity contribution in [3.63, 3.8) is 0 Å². The van der Waals surface area contributed by atoms with E-state index in [1.165, 1.54) is 180 Å². The Kier molecular flexibility index (Phi) is 39.5. The third kappa shape index (κ3) is 42.2. The molecule has 0 rings (SSSR count). The summed E-state index contributed by atoms with van der Waals surface area (Å²) >= 11 is 0. The van der Waals surface area contributed by atoms with Crippen molar-refractivity contribution in [3.8, 4) is 0 Å². The van der Waals surface area contributed by atoms with E-state index < -0.39 is 32.5 Å². The molecule has 0 aromatic heterocycles. The molecule has 0 heterocycles. The van der Waals surface area contributed by atoms with Crippen molar-refractivity contribution in [2.45, 2.75) is 258 Å². The number of hydrogen-bond acceptors (Lipinski definition) is 6. The molecule has 2 atom stereocenters. The van der Waals surface area contributed by atoms with Crippen LogP contribution in [0.5, 0.6) is 0 Å². The summed E-state index contributed by atoms with van der Waals surface area (Å²) in [6.07, 6.45) is 42.5. The molecule has 1 unspecified atom stereocenters. The fourth-order valence-corrected chi connectivity index (χ4v) is 7.42. The summed E-state index contributed by atoms with van der Waals surface area (Å²) in [5.41, 5.74) is 0. The maximum atomic E-state index is 12.4. The number of carbonyl (C=O) groups excluding carboxylic acids is 2. The fraction of sp³-hybridized carbons (Fsp3) is 0.956. The molecule has 0 saturated heterocycles. The highest BCUT2D eigenvalue weighted by Gasteiger charge is 2.23. The van der Waals surface area contributed by atoms with E-state index in [1.807, 2.05) is 0 Å². The average Bonchev–Trinajstić information content (AvgIpc) is 3.14. The van der Waals surface area contributed by atoms with Gasteiger partial charge in [-0.05, 0) is 18.8 Å². The number of phosphoric ester groups is 1. The highest BCUT2D eigenvalue weighted by atomic mass is 31.2. The zero-order valence-corrected chi connectivity index (χ0v) is 36.7. The van der Waals surface area contributed by atoms with Gasteiger partial charge in [-0.2, -0.15) is 0 Å². The van der Waals surface area contributed by atoms with Gasteiger partial charge >= 0.3 is 19.8 Å². The van der Waals surface area contributed by atoms with Gasteiger partial charge in [0.05, 0.1) is 6.61 Å². The third-order valence-electron chi connectivity index (χ3n) is 10.9. The molecule has 0 aromatic carbocycles. The smallest absolute Gasteiger partial charge is 0.462 e. The van der Waals surface area contributed by atoms with Gasteiger partial charge in [0.15, 0.2) is 6.10 Å². The summed E-state index contributed by atoms with van der Waals surface area (Å²) in [6, 6.07) is 0. The van der Waals surface area contributed by atoms with Gasteiger partial charge < -0.3 is 19.3 Å². The van der Waals surface area contributed by atoms with E-state index in [0.29, 0.717) is 6.42 Å². The van der Waals surface area contributed by atoms with E-state index in [-0.39, 0.29) is 19.4 Å². The Morgan fingerprint density at radius 2 is 0.815 bits per heavy atom. The summed E-state index contributed by atoms with van der Waals surface area (Å²) < 4.78 is 26.5. The lowest BCUT2D eigenvalue weighted by atomic mass is 9.99. The molecule has 54 heavy (non-hydrogen) atoms. The van der Waals surface area contributed by atoms with Crippen LogP contribution in [0.25, 0.3) is 0 Å². The van der Waals surface area contributed by atoms with Gasteiger partial charge in [-0.25, -0.2) is 4.57 Å². The van der Waals surface area contributed by atoms with E-state index in [2.05, 4.69) is 25.3 Å². The van der Waals surface area contributed by atoms with Crippen molar-refractivity contribution >= 4 is 19.8 Å². The van der Waals surface area contributed by atoms with Crippen LogP contribution in [0.1, 0.15) is 252 Å². The Balaban J connectivity index is 3.78. The lowest BCUT2D eigenvalue weighted by Gasteiger charge is -2.18. The first-order valence-electron chi connectivity index (χ1n) is 23.2. The number of phosphoric acid groups is 1. The van der Waals surface area contributed by atoms with Gasteiger partial charge in [-0.15, -0.1) is 0 Å². The molecular weight excluding hydrogens is 699 g/mol. The van der Waals surface area contributed by atoms with Gasteiger partial charge in [-0.1, -0.05) is 226 Å². The molecule has 0 aromatic rings. The average molecular weight is 789 g/mol. The second-order valence-electron chi connectivity index (χ2n) is 16.3. The molecule has 0 bridgehead atoms. The van der Waals surface area contributed by atoms with Gasteiger partial charge in [-0.3, -0.25) is 14.1 Å². The SMILES string of the molecule is CCCCCCCCCCCCCCCCC(=O)O[C@H](COC(=O)CCCCCCCCCCCCCCCCCCCCC(C)CC)COP(=O)(O)O. The van der Waals surface area contributed by atoms with Gasteiger partial charge in [0.2, 0.25) is 0 Å². The molecule has 0 spiro atoms. The largest absolute Gasteiger partial charge is 0.469 e. The van der Waals surface area contributed by atoms with Gasteiger partial charge in [0.25, 0.3) is 0 Å². The molecule has 0 fully saturated rings. The molecule has 8 nitrogen and oxygen atoms in total. The fourth-order valence-electron chi connectivity index (χ4n) is 7.06. The number of ether oxygens (including phenoxy) is 2. The monoisotopic (exact) mass is 789 g/mol. The van der Waals surface area contributed by atoms with E-state index in [0.717, 1.165) is 38.0 Å². The normalized spacial score (nSPS) is 12.9. The first-order valence-corrected chi connectivity index (χ1v) is 24.8. The van der Waals surface area contributed by atoms with Crippen molar-refractivity contribution < 1.29 is 37.9 Å². The van der Waals surface area contributed by atoms with Crippen molar-refractivity contribution in [3.05, 3.63) is 0 Å². The van der Waals surface area contributed by atoms with Crippen LogP contribution in [0, 0.1) is 5.92 Å². The van der Waals surface area contributed by atoms with Gasteiger partial charge in [0, 0.05) is 12.8 Å². The van der Waals surface area contributed by atoms with E-state index in [9.17, 15) is 14.2 Å². The minimum Gasteiger partial charge on any atom is -0.462 e. The number of unbranched alkanes of at least 4 members (excludes halogenated alkanes) is 30. The number of hydrogen-bond donors (Lipinski definition) is 2. The minimum absolute atomic E-state index is 0.220. The van der Waals surface area contributed by atoms with E-state index >= 15 is 0 Å². The van der Waals surface area contributed by atoms with Crippen LogP contribution < -0.4 is 0 Å². The van der Waals surface area contributed by atoms with Crippen LogP contribution in [0.2, 0.25) is 0 Å². The highest BCUT2D eigenvalue weighted by molar-refractivity contribution is 7.46. The lowest BCUT2D eigenvalue weighted by Crippen LogP contribution is -2.29. The summed E-state index contributed by atoms with van der Waals surface area (Å²) in [4.78, 5) is 42.9. The van der Waals surface area contributed by atoms with Crippen molar-refractivity contribution in [2.75, 3.05) is 13.2 Å². The highest BCUT2D eigenvalue weighted by Crippen LogP contribution is 2.36. The minimum atomic E-state index is -4.75. The Bertz CT molecular complexity index is 863. The second kappa shape index (κ2) is 40.3. The molecule has 0 saturated carbocycles. The predicted molar refractivity (Wildman–Crippen MR) is 226 cm³/mol. The predicted octanol–water partition coefficient (Wildman–Crippen LogP) is 14.3. The van der Waals surface area contributed by atoms with Crippen LogP contribution in [0.3, 0.4) is 0 Å². The zero-order valence-electron chi connectivity index (χ0n) is 35.8. The van der Waals surface area contributed by atoms with Crippen molar-refractivity contribution in [1.82, 2.24) is 0 Å². The summed E-state index contributed by atoms with van der Waals surface area (Å²) in [5.74, 6) is 0.0360. The first kappa shape index (κ1) is 53.0. The van der Waals surface area contributed by atoms with E-state index in [1.54, 1.807) is 0 Å².